The minimum atomic E-state index is -0.639. The van der Waals surface area contributed by atoms with Gasteiger partial charge >= 0.3 is 6.09 Å². The summed E-state index contributed by atoms with van der Waals surface area (Å²) < 4.78 is 19.0. The number of nitrogens with one attached hydrogen (secondary N) is 3. The number of alkyl carbamates (subject to hydrolysis) is 1. The maximum atomic E-state index is 13.8. The molecule has 192 valence electrons. The molecule has 0 unspecified atom stereocenters. The maximum absolute atomic E-state index is 13.8. The molecule has 3 heterocycles. The van der Waals surface area contributed by atoms with Crippen LogP contribution < -0.4 is 21.7 Å². The summed E-state index contributed by atoms with van der Waals surface area (Å²) in [5.74, 6) is -0.822. The van der Waals surface area contributed by atoms with Crippen LogP contribution in [-0.2, 0) is 22.5 Å². The van der Waals surface area contributed by atoms with Gasteiger partial charge in [0.25, 0.3) is 0 Å². The lowest BCUT2D eigenvalue weighted by molar-refractivity contribution is -0.120. The molecule has 37 heavy (non-hydrogen) atoms. The van der Waals surface area contributed by atoms with Crippen LogP contribution in [0.25, 0.3) is 10.3 Å². The van der Waals surface area contributed by atoms with Gasteiger partial charge in [0.2, 0.25) is 5.91 Å². The molecule has 0 aliphatic heterocycles. The topological polar surface area (TPSA) is 157 Å². The number of carbonyl (C=O) groups excluding carboxylic acids is 2. The summed E-state index contributed by atoms with van der Waals surface area (Å²) in [6.45, 7) is 1.98. The minimum absolute atomic E-state index is 0.0903. The first-order chi connectivity index (χ1) is 17.9. The monoisotopic (exact) mass is 524 g/mol. The second kappa shape index (κ2) is 12.0. The van der Waals surface area contributed by atoms with Crippen LogP contribution in [0.2, 0.25) is 0 Å². The van der Waals surface area contributed by atoms with Gasteiger partial charge in [0, 0.05) is 19.2 Å². The largest absolute Gasteiger partial charge is 0.449 e. The Morgan fingerprint density at radius 3 is 2.81 bits per heavy atom. The Balaban J connectivity index is 1.23. The van der Waals surface area contributed by atoms with E-state index in [1.807, 2.05) is 0 Å². The summed E-state index contributed by atoms with van der Waals surface area (Å²) in [5, 5.41) is 9.14. The molecule has 0 fully saturated rings. The Morgan fingerprint density at radius 1 is 1.16 bits per heavy atom. The fraction of sp³-hybridized carbons (Fsp3) is 0.250. The van der Waals surface area contributed by atoms with E-state index in [2.05, 4.69) is 35.9 Å². The number of carbonyl (C=O) groups is 2. The van der Waals surface area contributed by atoms with Gasteiger partial charge < -0.3 is 26.4 Å². The average Bonchev–Trinajstić information content (AvgIpc) is 3.31. The van der Waals surface area contributed by atoms with E-state index in [0.29, 0.717) is 34.0 Å². The fourth-order valence-electron chi connectivity index (χ4n) is 3.22. The summed E-state index contributed by atoms with van der Waals surface area (Å²) in [7, 11) is 0. The molecule has 4 aromatic rings. The number of halogens is 1. The van der Waals surface area contributed by atoms with Gasteiger partial charge in [-0.3, -0.25) is 9.78 Å². The van der Waals surface area contributed by atoms with E-state index in [4.69, 9.17) is 10.5 Å². The van der Waals surface area contributed by atoms with Crippen LogP contribution in [0.1, 0.15) is 17.6 Å². The van der Waals surface area contributed by atoms with Crippen molar-refractivity contribution in [3.63, 3.8) is 0 Å². The van der Waals surface area contributed by atoms with Gasteiger partial charge in [0.05, 0.1) is 34.5 Å². The molecule has 13 heteroatoms. The molecular weight excluding hydrogens is 499 g/mol. The lowest BCUT2D eigenvalue weighted by Crippen LogP contribution is -2.31. The van der Waals surface area contributed by atoms with Crippen molar-refractivity contribution in [1.29, 1.82) is 0 Å². The molecule has 4 rings (SSSR count). The number of hydrogen-bond acceptors (Lipinski definition) is 10. The first-order valence-corrected chi connectivity index (χ1v) is 12.2. The molecule has 0 radical (unpaired) electrons. The van der Waals surface area contributed by atoms with E-state index in [-0.39, 0.29) is 31.3 Å². The number of nitrogens with zero attached hydrogens (tertiary/aromatic N) is 4. The smallest absolute Gasteiger partial charge is 0.407 e. The van der Waals surface area contributed by atoms with E-state index >= 15 is 0 Å². The van der Waals surface area contributed by atoms with Crippen LogP contribution in [0, 0.1) is 11.7 Å². The molecule has 0 spiro atoms. The number of benzene rings is 1. The number of para-hydroxylation sites is 2. The number of thiazole rings is 1. The highest BCUT2D eigenvalue weighted by Crippen LogP contribution is 2.25. The Morgan fingerprint density at radius 2 is 2.00 bits per heavy atom. The number of hydrogen-bond donors (Lipinski definition) is 4. The molecule has 0 saturated carbocycles. The van der Waals surface area contributed by atoms with E-state index in [9.17, 15) is 14.0 Å². The van der Waals surface area contributed by atoms with Crippen LogP contribution in [0.5, 0.6) is 0 Å². The third-order valence-corrected chi connectivity index (χ3v) is 6.26. The zero-order chi connectivity index (χ0) is 26.2. The Hall–Kier alpha value is -4.39. The van der Waals surface area contributed by atoms with Gasteiger partial charge in [-0.1, -0.05) is 30.4 Å². The number of fused-ring (bicyclic) bond motifs is 1. The van der Waals surface area contributed by atoms with Crippen LogP contribution >= 0.6 is 11.3 Å². The first-order valence-electron chi connectivity index (χ1n) is 11.4. The van der Waals surface area contributed by atoms with Gasteiger partial charge in [-0.25, -0.2) is 24.1 Å². The van der Waals surface area contributed by atoms with E-state index in [1.54, 1.807) is 31.2 Å². The number of aromatic nitrogens is 4. The summed E-state index contributed by atoms with van der Waals surface area (Å²) >= 11 is 1.36. The lowest BCUT2D eigenvalue weighted by Gasteiger charge is -2.14. The SMILES string of the molecule is C[C@@H](COC(=O)NCCc1nc2c(NCc3ncccc3F)ncnc2s1)C(=O)Nc1ccccc1N. The second-order valence-corrected chi connectivity index (χ2v) is 9.08. The van der Waals surface area contributed by atoms with Crippen LogP contribution in [-0.4, -0.2) is 45.1 Å². The lowest BCUT2D eigenvalue weighted by atomic mass is 10.1. The second-order valence-electron chi connectivity index (χ2n) is 8.02. The minimum Gasteiger partial charge on any atom is -0.449 e. The highest BCUT2D eigenvalue weighted by molar-refractivity contribution is 7.18. The molecule has 1 atom stereocenters. The molecular formula is C24H25FN8O3S. The van der Waals surface area contributed by atoms with Crippen molar-refractivity contribution in [2.45, 2.75) is 19.9 Å². The normalized spacial score (nSPS) is 11.6. The summed E-state index contributed by atoms with van der Waals surface area (Å²) in [5.41, 5.74) is 7.61. The molecule has 2 amide bonds. The van der Waals surface area contributed by atoms with E-state index in [0.717, 1.165) is 5.01 Å². The number of amides is 2. The molecule has 0 aliphatic carbocycles. The zero-order valence-electron chi connectivity index (χ0n) is 19.9. The molecule has 0 aliphatic rings. The van der Waals surface area contributed by atoms with Crippen molar-refractivity contribution in [2.24, 2.45) is 5.92 Å². The highest BCUT2D eigenvalue weighted by Gasteiger charge is 2.17. The third kappa shape index (κ3) is 6.85. The summed E-state index contributed by atoms with van der Waals surface area (Å²) in [6.07, 6.45) is 2.72. The predicted octanol–water partition coefficient (Wildman–Crippen LogP) is 3.36. The molecule has 3 aromatic heterocycles. The molecule has 1 aromatic carbocycles. The van der Waals surface area contributed by atoms with Crippen molar-refractivity contribution in [3.05, 3.63) is 65.4 Å². The number of rotatable bonds is 10. The quantitative estimate of drug-likeness (QED) is 0.228. The van der Waals surface area contributed by atoms with Gasteiger partial charge in [-0.15, -0.1) is 0 Å². The summed E-state index contributed by atoms with van der Waals surface area (Å²) in [4.78, 5) is 42.1. The van der Waals surface area contributed by atoms with Crippen molar-refractivity contribution < 1.29 is 18.7 Å². The number of anilines is 3. The van der Waals surface area contributed by atoms with Crippen molar-refractivity contribution in [3.8, 4) is 0 Å². The standard InChI is InChI=1S/C24H25FN8O3S/c1-14(22(34)32-17-7-3-2-6-16(17)26)12-36-24(35)28-10-8-19-33-20-21(30-13-31-23(20)37-19)29-11-18-15(25)5-4-9-27-18/h2-7,9,13-14H,8,10-12,26H2,1H3,(H,28,35)(H,32,34)(H,29,30,31)/t14-/m0/s1. The molecule has 11 nitrogen and oxygen atoms in total. The molecule has 0 bridgehead atoms. The summed E-state index contributed by atoms with van der Waals surface area (Å²) in [6, 6.07) is 9.78. The van der Waals surface area contributed by atoms with Crippen molar-refractivity contribution >= 4 is 50.9 Å². The van der Waals surface area contributed by atoms with E-state index < -0.39 is 17.8 Å². The van der Waals surface area contributed by atoms with Crippen molar-refractivity contribution in [2.75, 3.05) is 29.5 Å². The third-order valence-electron chi connectivity index (χ3n) is 5.24. The van der Waals surface area contributed by atoms with Gasteiger partial charge in [-0.2, -0.15) is 0 Å². The fourth-order valence-corrected chi connectivity index (χ4v) is 4.12. The average molecular weight is 525 g/mol. The number of nitrogen functional groups attached to an aromatic ring is 1. The Kier molecular flexibility index (Phi) is 8.36. The van der Waals surface area contributed by atoms with Crippen molar-refractivity contribution in [1.82, 2.24) is 25.3 Å². The Bertz CT molecular complexity index is 1400. The van der Waals surface area contributed by atoms with Gasteiger partial charge in [0.15, 0.2) is 5.82 Å². The molecule has 0 saturated heterocycles. The maximum Gasteiger partial charge on any atom is 0.407 e. The number of pyridine rings is 1. The zero-order valence-corrected chi connectivity index (χ0v) is 20.7. The van der Waals surface area contributed by atoms with Crippen LogP contribution in [0.3, 0.4) is 0 Å². The van der Waals surface area contributed by atoms with E-state index in [1.165, 1.54) is 36.0 Å². The number of nitrogens with two attached hydrogens (primary N) is 1. The van der Waals surface area contributed by atoms with Gasteiger partial charge in [0.1, 0.15) is 29.1 Å². The predicted molar refractivity (Wildman–Crippen MR) is 138 cm³/mol. The Labute approximate surface area is 215 Å². The van der Waals surface area contributed by atoms with Crippen LogP contribution in [0.15, 0.2) is 48.9 Å². The number of ether oxygens (including phenoxy) is 1. The highest BCUT2D eigenvalue weighted by atomic mass is 32.1. The molecule has 5 N–H and O–H groups in total. The van der Waals surface area contributed by atoms with Gasteiger partial charge in [-0.05, 0) is 24.3 Å². The van der Waals surface area contributed by atoms with Crippen LogP contribution in [0.4, 0.5) is 26.4 Å². The first kappa shape index (κ1) is 25.7.